The molecule has 3 aromatic rings. The van der Waals surface area contributed by atoms with Crippen LogP contribution in [0, 0.1) is 6.92 Å². The molecule has 0 aliphatic rings. The zero-order valence-corrected chi connectivity index (χ0v) is 15.3. The average molecular weight is 359 g/mol. The molecule has 0 aliphatic carbocycles. The molecule has 0 fully saturated rings. The highest BCUT2D eigenvalue weighted by Crippen LogP contribution is 2.23. The Bertz CT molecular complexity index is 1020. The zero-order chi connectivity index (χ0) is 19.2. The lowest BCUT2D eigenvalue weighted by Gasteiger charge is -2.09. The molecule has 2 amide bonds. The summed E-state index contributed by atoms with van der Waals surface area (Å²) in [7, 11) is 0. The molecule has 0 aromatic heterocycles. The van der Waals surface area contributed by atoms with E-state index >= 15 is 0 Å². The molecule has 136 valence electrons. The highest BCUT2D eigenvalue weighted by atomic mass is 16.2. The van der Waals surface area contributed by atoms with E-state index in [2.05, 4.69) is 15.8 Å². The van der Waals surface area contributed by atoms with Gasteiger partial charge >= 0.3 is 0 Å². The van der Waals surface area contributed by atoms with Crippen LogP contribution in [-0.2, 0) is 4.79 Å². The monoisotopic (exact) mass is 359 g/mol. The highest BCUT2D eigenvalue weighted by Gasteiger charge is 2.09. The number of carbonyl (C=O) groups excluding carboxylic acids is 2. The van der Waals surface area contributed by atoms with Crippen molar-refractivity contribution >= 4 is 34.0 Å². The van der Waals surface area contributed by atoms with Crippen molar-refractivity contribution in [1.82, 2.24) is 5.43 Å². The van der Waals surface area contributed by atoms with Crippen molar-refractivity contribution in [3.63, 3.8) is 0 Å². The minimum Gasteiger partial charge on any atom is -0.325 e. The third-order valence-electron chi connectivity index (χ3n) is 4.22. The summed E-state index contributed by atoms with van der Waals surface area (Å²) in [5, 5.41) is 9.00. The van der Waals surface area contributed by atoms with Crippen LogP contribution in [0.4, 0.5) is 5.69 Å². The van der Waals surface area contributed by atoms with Crippen molar-refractivity contribution in [2.45, 2.75) is 20.3 Å². The largest absolute Gasteiger partial charge is 0.325 e. The number of amides is 2. The van der Waals surface area contributed by atoms with E-state index < -0.39 is 0 Å². The lowest BCUT2D eigenvalue weighted by Crippen LogP contribution is -2.22. The van der Waals surface area contributed by atoms with E-state index in [0.29, 0.717) is 11.3 Å². The number of rotatable bonds is 5. The molecule has 0 spiro atoms. The minimum atomic E-state index is -0.290. The maximum Gasteiger partial charge on any atom is 0.271 e. The van der Waals surface area contributed by atoms with Crippen LogP contribution in [0.5, 0.6) is 0 Å². The van der Waals surface area contributed by atoms with Gasteiger partial charge in [-0.2, -0.15) is 5.10 Å². The number of nitrogens with zero attached hydrogens (tertiary/aromatic N) is 1. The first kappa shape index (κ1) is 18.3. The molecule has 0 radical (unpaired) electrons. The van der Waals surface area contributed by atoms with E-state index in [1.54, 1.807) is 19.1 Å². The summed E-state index contributed by atoms with van der Waals surface area (Å²) < 4.78 is 0. The number of hydrogen-bond donors (Lipinski definition) is 2. The van der Waals surface area contributed by atoms with Crippen molar-refractivity contribution in [3.8, 4) is 0 Å². The molecule has 3 rings (SSSR count). The Labute approximate surface area is 158 Å². The van der Waals surface area contributed by atoms with Crippen LogP contribution in [-0.4, -0.2) is 17.5 Å². The van der Waals surface area contributed by atoms with Crippen LogP contribution < -0.4 is 10.7 Å². The van der Waals surface area contributed by atoms with E-state index in [9.17, 15) is 9.59 Å². The summed E-state index contributed by atoms with van der Waals surface area (Å²) in [6.07, 6.45) is 0.0945. The molecule has 27 heavy (non-hydrogen) atoms. The second kappa shape index (κ2) is 8.27. The topological polar surface area (TPSA) is 70.6 Å². The number of fused-ring (bicyclic) bond motifs is 1. The Morgan fingerprint density at radius 1 is 0.926 bits per heavy atom. The fraction of sp³-hybridized carbons (Fsp3) is 0.136. The molecule has 0 unspecified atom stereocenters. The number of hydrogen-bond acceptors (Lipinski definition) is 3. The molecule has 0 heterocycles. The second-order valence-corrected chi connectivity index (χ2v) is 6.35. The SMILES string of the molecule is C/C(CC(=O)Nc1cccc2ccccc12)=N/NC(=O)c1ccccc1C. The second-order valence-electron chi connectivity index (χ2n) is 6.35. The van der Waals surface area contributed by atoms with Crippen molar-refractivity contribution in [2.24, 2.45) is 5.10 Å². The summed E-state index contributed by atoms with van der Waals surface area (Å²) in [6.45, 7) is 3.57. The highest BCUT2D eigenvalue weighted by molar-refractivity contribution is 6.09. The molecule has 0 aliphatic heterocycles. The summed E-state index contributed by atoms with van der Waals surface area (Å²) in [4.78, 5) is 24.5. The first-order chi connectivity index (χ1) is 13.0. The predicted molar refractivity (Wildman–Crippen MR) is 109 cm³/mol. The molecule has 0 saturated heterocycles. The number of carbonyl (C=O) groups is 2. The van der Waals surface area contributed by atoms with Gasteiger partial charge in [-0.15, -0.1) is 0 Å². The van der Waals surface area contributed by atoms with Gasteiger partial charge in [0.1, 0.15) is 0 Å². The lowest BCUT2D eigenvalue weighted by molar-refractivity contribution is -0.115. The first-order valence-corrected chi connectivity index (χ1v) is 8.71. The summed E-state index contributed by atoms with van der Waals surface area (Å²) in [5.74, 6) is -0.473. The van der Waals surface area contributed by atoms with Gasteiger partial charge in [-0.05, 0) is 36.9 Å². The Balaban J connectivity index is 1.62. The normalized spacial score (nSPS) is 11.3. The molecular formula is C22H21N3O2. The van der Waals surface area contributed by atoms with Crippen molar-refractivity contribution in [2.75, 3.05) is 5.32 Å². The Kier molecular flexibility index (Phi) is 5.61. The van der Waals surface area contributed by atoms with Crippen LogP contribution in [0.25, 0.3) is 10.8 Å². The van der Waals surface area contributed by atoms with Gasteiger partial charge in [-0.3, -0.25) is 9.59 Å². The van der Waals surface area contributed by atoms with Gasteiger partial charge in [-0.1, -0.05) is 54.6 Å². The predicted octanol–water partition coefficient (Wildman–Crippen LogP) is 4.28. The van der Waals surface area contributed by atoms with E-state index in [-0.39, 0.29) is 18.2 Å². The summed E-state index contributed by atoms with van der Waals surface area (Å²) in [6, 6.07) is 20.9. The maximum absolute atomic E-state index is 12.3. The van der Waals surface area contributed by atoms with Gasteiger partial charge in [0, 0.05) is 22.3 Å². The van der Waals surface area contributed by atoms with E-state index in [0.717, 1.165) is 22.0 Å². The van der Waals surface area contributed by atoms with Gasteiger partial charge in [-0.25, -0.2) is 5.43 Å². The van der Waals surface area contributed by atoms with Crippen molar-refractivity contribution < 1.29 is 9.59 Å². The number of nitrogens with one attached hydrogen (secondary N) is 2. The van der Waals surface area contributed by atoms with E-state index in [1.807, 2.05) is 61.5 Å². The third kappa shape index (κ3) is 4.58. The Morgan fingerprint density at radius 3 is 2.44 bits per heavy atom. The summed E-state index contributed by atoms with van der Waals surface area (Å²) >= 11 is 0. The Hall–Kier alpha value is -3.47. The minimum absolute atomic E-state index is 0.0945. The number of benzene rings is 3. The van der Waals surface area contributed by atoms with Gasteiger partial charge in [0.15, 0.2) is 0 Å². The van der Waals surface area contributed by atoms with Crippen LogP contribution in [0.2, 0.25) is 0 Å². The smallest absolute Gasteiger partial charge is 0.271 e. The standard InChI is InChI=1S/C22H21N3O2/c1-15-8-3-5-11-18(15)22(27)25-24-16(2)14-21(26)23-20-13-7-10-17-9-4-6-12-19(17)20/h3-13H,14H2,1-2H3,(H,23,26)(H,25,27)/b24-16-. The molecule has 5 heteroatoms. The Morgan fingerprint density at radius 2 is 1.63 bits per heavy atom. The lowest BCUT2D eigenvalue weighted by atomic mass is 10.1. The average Bonchev–Trinajstić information content (AvgIpc) is 2.67. The quantitative estimate of drug-likeness (QED) is 0.527. The van der Waals surface area contributed by atoms with Crippen LogP contribution in [0.15, 0.2) is 71.8 Å². The molecule has 2 N–H and O–H groups in total. The molecule has 0 saturated carbocycles. The van der Waals surface area contributed by atoms with Gasteiger partial charge < -0.3 is 5.32 Å². The number of aryl methyl sites for hydroxylation is 1. The van der Waals surface area contributed by atoms with Gasteiger partial charge in [0.05, 0.1) is 6.42 Å². The van der Waals surface area contributed by atoms with Crippen LogP contribution >= 0.6 is 0 Å². The van der Waals surface area contributed by atoms with Crippen LogP contribution in [0.3, 0.4) is 0 Å². The van der Waals surface area contributed by atoms with Gasteiger partial charge in [0.25, 0.3) is 5.91 Å². The number of hydrazone groups is 1. The maximum atomic E-state index is 12.3. The zero-order valence-electron chi connectivity index (χ0n) is 15.3. The molecule has 0 atom stereocenters. The summed E-state index contributed by atoms with van der Waals surface area (Å²) in [5.41, 5.74) is 5.23. The van der Waals surface area contributed by atoms with E-state index in [1.165, 1.54) is 0 Å². The van der Waals surface area contributed by atoms with Gasteiger partial charge in [0.2, 0.25) is 5.91 Å². The molecular weight excluding hydrogens is 338 g/mol. The van der Waals surface area contributed by atoms with Crippen molar-refractivity contribution in [1.29, 1.82) is 0 Å². The number of anilines is 1. The fourth-order valence-electron chi connectivity index (χ4n) is 2.83. The third-order valence-corrected chi connectivity index (χ3v) is 4.22. The molecule has 3 aromatic carbocycles. The first-order valence-electron chi connectivity index (χ1n) is 8.71. The van der Waals surface area contributed by atoms with Crippen molar-refractivity contribution in [3.05, 3.63) is 77.9 Å². The molecule has 5 nitrogen and oxygen atoms in total. The van der Waals surface area contributed by atoms with Crippen LogP contribution in [0.1, 0.15) is 29.3 Å². The fourth-order valence-corrected chi connectivity index (χ4v) is 2.83. The molecule has 0 bridgehead atoms. The van der Waals surface area contributed by atoms with E-state index in [4.69, 9.17) is 0 Å².